The molecule has 0 radical (unpaired) electrons. The van der Waals surface area contributed by atoms with E-state index in [1.165, 1.54) is 4.57 Å². The molecule has 4 nitrogen and oxygen atoms in total. The van der Waals surface area contributed by atoms with Crippen molar-refractivity contribution < 1.29 is 17.6 Å². The second kappa shape index (κ2) is 7.84. The fraction of sp³-hybridized carbons (Fsp3) is 0.200. The average Bonchev–Trinajstić information content (AvgIpc) is 2.65. The molecule has 1 N–H and O–H groups in total. The molecule has 0 amide bonds. The molecule has 0 aliphatic rings. The fourth-order valence-electron chi connectivity index (χ4n) is 2.73. The standard InChI is InChI=1S/C20H17F4N3O/c1-3-12-5-4-11(2)17(8-12)25-20-26-19(28)16(23)10-27(20)9-13-6-14(21)18(24)15(22)7-13/h4-8,10H,3,9H2,1-2H3,(H,25,26,28). The van der Waals surface area contributed by atoms with Gasteiger partial charge in [-0.3, -0.25) is 4.79 Å². The molecule has 8 heteroatoms. The van der Waals surface area contributed by atoms with Crippen molar-refractivity contribution in [2.75, 3.05) is 5.32 Å². The third-order valence-corrected chi connectivity index (χ3v) is 4.31. The van der Waals surface area contributed by atoms with Crippen LogP contribution in [0.2, 0.25) is 0 Å². The number of nitrogens with zero attached hydrogens (tertiary/aromatic N) is 2. The van der Waals surface area contributed by atoms with Crippen molar-refractivity contribution in [1.82, 2.24) is 9.55 Å². The van der Waals surface area contributed by atoms with Crippen molar-refractivity contribution in [3.8, 4) is 0 Å². The van der Waals surface area contributed by atoms with Crippen molar-refractivity contribution in [2.45, 2.75) is 26.8 Å². The number of rotatable bonds is 5. The number of halogens is 4. The van der Waals surface area contributed by atoms with Crippen LogP contribution in [0.1, 0.15) is 23.6 Å². The Bertz CT molecular complexity index is 1070. The summed E-state index contributed by atoms with van der Waals surface area (Å²) in [5, 5.41) is 2.97. The number of nitrogens with one attached hydrogen (secondary N) is 1. The molecule has 146 valence electrons. The lowest BCUT2D eigenvalue weighted by atomic mass is 10.1. The van der Waals surface area contributed by atoms with Gasteiger partial charge in [0.25, 0.3) is 0 Å². The Morgan fingerprint density at radius 2 is 1.68 bits per heavy atom. The Morgan fingerprint density at radius 1 is 1.00 bits per heavy atom. The van der Waals surface area contributed by atoms with Gasteiger partial charge in [0.1, 0.15) is 0 Å². The van der Waals surface area contributed by atoms with E-state index in [0.29, 0.717) is 5.69 Å². The summed E-state index contributed by atoms with van der Waals surface area (Å²) >= 11 is 0. The van der Waals surface area contributed by atoms with Crippen molar-refractivity contribution in [3.63, 3.8) is 0 Å². The van der Waals surface area contributed by atoms with Crippen LogP contribution in [0.25, 0.3) is 0 Å². The molecule has 2 aromatic carbocycles. The maximum Gasteiger partial charge on any atom is 0.310 e. The maximum atomic E-state index is 13.8. The summed E-state index contributed by atoms with van der Waals surface area (Å²) in [7, 11) is 0. The monoisotopic (exact) mass is 391 g/mol. The highest BCUT2D eigenvalue weighted by atomic mass is 19.2. The number of aryl methyl sites for hydroxylation is 2. The van der Waals surface area contributed by atoms with E-state index in [1.807, 2.05) is 32.0 Å². The second-order valence-electron chi connectivity index (χ2n) is 6.35. The van der Waals surface area contributed by atoms with Gasteiger partial charge in [-0.15, -0.1) is 0 Å². The molecule has 3 rings (SSSR count). The van der Waals surface area contributed by atoms with Gasteiger partial charge in [-0.2, -0.15) is 9.37 Å². The summed E-state index contributed by atoms with van der Waals surface area (Å²) in [6, 6.07) is 7.32. The van der Waals surface area contributed by atoms with Crippen molar-refractivity contribution >= 4 is 11.6 Å². The van der Waals surface area contributed by atoms with E-state index >= 15 is 0 Å². The smallest absolute Gasteiger partial charge is 0.310 e. The normalized spacial score (nSPS) is 10.9. The van der Waals surface area contributed by atoms with Crippen LogP contribution in [0.5, 0.6) is 0 Å². The van der Waals surface area contributed by atoms with E-state index in [9.17, 15) is 22.4 Å². The van der Waals surface area contributed by atoms with Crippen molar-refractivity contribution in [3.05, 3.63) is 86.8 Å². The third-order valence-electron chi connectivity index (χ3n) is 4.31. The van der Waals surface area contributed by atoms with Crippen molar-refractivity contribution in [2.24, 2.45) is 0 Å². The van der Waals surface area contributed by atoms with E-state index < -0.39 is 28.8 Å². The predicted molar refractivity (Wildman–Crippen MR) is 97.7 cm³/mol. The van der Waals surface area contributed by atoms with E-state index in [2.05, 4.69) is 10.3 Å². The highest BCUT2D eigenvalue weighted by Crippen LogP contribution is 2.22. The molecule has 0 bridgehead atoms. The summed E-state index contributed by atoms with van der Waals surface area (Å²) in [5.74, 6) is -5.42. The van der Waals surface area contributed by atoms with E-state index in [0.717, 1.165) is 35.9 Å². The minimum Gasteiger partial charge on any atom is -0.325 e. The SMILES string of the molecule is CCc1ccc(C)c(Nc2nc(=O)c(F)cn2Cc2cc(F)c(F)c(F)c2)c1. The van der Waals surface area contributed by atoms with Crippen LogP contribution in [0.15, 0.2) is 41.3 Å². The zero-order valence-corrected chi connectivity index (χ0v) is 15.2. The topological polar surface area (TPSA) is 46.9 Å². The van der Waals surface area contributed by atoms with Gasteiger partial charge in [-0.05, 0) is 48.2 Å². The summed E-state index contributed by atoms with van der Waals surface area (Å²) in [4.78, 5) is 15.4. The summed E-state index contributed by atoms with van der Waals surface area (Å²) in [6.07, 6.45) is 1.67. The number of anilines is 2. The molecule has 0 saturated heterocycles. The first-order valence-corrected chi connectivity index (χ1v) is 8.55. The number of aromatic nitrogens is 2. The van der Waals surface area contributed by atoms with Crippen LogP contribution in [-0.4, -0.2) is 9.55 Å². The molecule has 0 fully saturated rings. The molecule has 0 spiro atoms. The molecule has 28 heavy (non-hydrogen) atoms. The number of benzene rings is 2. The van der Waals surface area contributed by atoms with Gasteiger partial charge in [0, 0.05) is 11.9 Å². The van der Waals surface area contributed by atoms with Gasteiger partial charge in [-0.1, -0.05) is 19.1 Å². The Balaban J connectivity index is 2.03. The van der Waals surface area contributed by atoms with Crippen LogP contribution in [-0.2, 0) is 13.0 Å². The second-order valence-corrected chi connectivity index (χ2v) is 6.35. The van der Waals surface area contributed by atoms with E-state index in [4.69, 9.17) is 0 Å². The zero-order valence-electron chi connectivity index (χ0n) is 15.2. The van der Waals surface area contributed by atoms with Crippen LogP contribution >= 0.6 is 0 Å². The predicted octanol–water partition coefficient (Wildman–Crippen LogP) is 4.46. The Morgan fingerprint density at radius 3 is 2.32 bits per heavy atom. The minimum absolute atomic E-state index is 0.00658. The fourth-order valence-corrected chi connectivity index (χ4v) is 2.73. The molecule has 0 unspecified atom stereocenters. The summed E-state index contributed by atoms with van der Waals surface area (Å²) in [5.41, 5.74) is 1.53. The Kier molecular flexibility index (Phi) is 5.48. The van der Waals surface area contributed by atoms with Gasteiger partial charge < -0.3 is 9.88 Å². The number of hydrogen-bond acceptors (Lipinski definition) is 3. The number of hydrogen-bond donors (Lipinski definition) is 1. The Hall–Kier alpha value is -3.16. The molecule has 3 aromatic rings. The average molecular weight is 391 g/mol. The third kappa shape index (κ3) is 4.05. The summed E-state index contributed by atoms with van der Waals surface area (Å²) < 4.78 is 55.1. The zero-order chi connectivity index (χ0) is 20.4. The molecule has 0 aliphatic carbocycles. The quantitative estimate of drug-likeness (QED) is 0.516. The van der Waals surface area contributed by atoms with Gasteiger partial charge in [0.2, 0.25) is 11.8 Å². The van der Waals surface area contributed by atoms with Gasteiger partial charge in [-0.25, -0.2) is 13.2 Å². The van der Waals surface area contributed by atoms with Crippen LogP contribution in [0.3, 0.4) is 0 Å². The summed E-state index contributed by atoms with van der Waals surface area (Å²) in [6.45, 7) is 3.60. The lowest BCUT2D eigenvalue weighted by Gasteiger charge is -2.16. The lowest BCUT2D eigenvalue weighted by Crippen LogP contribution is -2.20. The molecule has 1 aromatic heterocycles. The molecular formula is C20H17F4N3O. The highest BCUT2D eigenvalue weighted by molar-refractivity contribution is 5.59. The molecular weight excluding hydrogens is 374 g/mol. The van der Waals surface area contributed by atoms with E-state index in [1.54, 1.807) is 0 Å². The van der Waals surface area contributed by atoms with Gasteiger partial charge in [0.15, 0.2) is 17.5 Å². The van der Waals surface area contributed by atoms with E-state index in [-0.39, 0.29) is 18.1 Å². The van der Waals surface area contributed by atoms with Crippen LogP contribution < -0.4 is 10.9 Å². The molecule has 0 atom stereocenters. The first-order valence-electron chi connectivity index (χ1n) is 8.55. The first-order chi connectivity index (χ1) is 13.3. The molecule has 0 aliphatic heterocycles. The van der Waals surface area contributed by atoms with Gasteiger partial charge in [0.05, 0.1) is 6.54 Å². The molecule has 0 saturated carbocycles. The minimum atomic E-state index is -1.58. The lowest BCUT2D eigenvalue weighted by molar-refractivity contribution is 0.444. The van der Waals surface area contributed by atoms with Crippen LogP contribution in [0, 0.1) is 30.2 Å². The largest absolute Gasteiger partial charge is 0.325 e. The maximum absolute atomic E-state index is 13.8. The Labute approximate surface area is 158 Å². The van der Waals surface area contributed by atoms with Crippen molar-refractivity contribution in [1.29, 1.82) is 0 Å². The van der Waals surface area contributed by atoms with Gasteiger partial charge >= 0.3 is 5.56 Å². The highest BCUT2D eigenvalue weighted by Gasteiger charge is 2.14. The van der Waals surface area contributed by atoms with Crippen LogP contribution in [0.4, 0.5) is 29.2 Å². The molecule has 1 heterocycles. The first kappa shape index (κ1) is 19.6.